The van der Waals surface area contributed by atoms with Crippen molar-refractivity contribution in [1.82, 2.24) is 9.88 Å². The second-order valence-electron chi connectivity index (χ2n) is 6.00. The molecule has 0 radical (unpaired) electrons. The van der Waals surface area contributed by atoms with E-state index in [-0.39, 0.29) is 13.1 Å². The Bertz CT molecular complexity index is 1000. The topological polar surface area (TPSA) is 103 Å². The van der Waals surface area contributed by atoms with Crippen molar-refractivity contribution >= 4 is 5.91 Å². The molecule has 0 saturated heterocycles. The molecule has 0 fully saturated rings. The molecular formula is C20H20N2O6. The Kier molecular flexibility index (Phi) is 5.69. The van der Waals surface area contributed by atoms with E-state index in [1.54, 1.807) is 30.3 Å². The van der Waals surface area contributed by atoms with Gasteiger partial charge in [0, 0.05) is 12.6 Å². The van der Waals surface area contributed by atoms with E-state index in [1.165, 1.54) is 14.2 Å². The largest absolute Gasteiger partial charge is 0.497 e. The van der Waals surface area contributed by atoms with Crippen molar-refractivity contribution in [2.75, 3.05) is 14.2 Å². The molecule has 0 aliphatic heterocycles. The fraction of sp³-hybridized carbons (Fsp3) is 0.200. The fourth-order valence-electron chi connectivity index (χ4n) is 2.68. The van der Waals surface area contributed by atoms with Crippen LogP contribution in [0.1, 0.15) is 21.7 Å². The normalized spacial score (nSPS) is 10.5. The molecule has 8 heteroatoms. The van der Waals surface area contributed by atoms with Gasteiger partial charge in [-0.15, -0.1) is 0 Å². The van der Waals surface area contributed by atoms with Crippen molar-refractivity contribution < 1.29 is 23.8 Å². The molecule has 3 rings (SSSR count). The number of hydrogen-bond acceptors (Lipinski definition) is 6. The first-order valence-electron chi connectivity index (χ1n) is 8.48. The highest BCUT2D eigenvalue weighted by Gasteiger charge is 2.22. The number of nitrogens with zero attached hydrogens (tertiary/aromatic N) is 1. The van der Waals surface area contributed by atoms with E-state index >= 15 is 0 Å². The molecule has 0 spiro atoms. The van der Waals surface area contributed by atoms with Crippen molar-refractivity contribution in [3.05, 3.63) is 76.0 Å². The predicted molar refractivity (Wildman–Crippen MR) is 101 cm³/mol. The molecule has 8 nitrogen and oxygen atoms in total. The van der Waals surface area contributed by atoms with Crippen molar-refractivity contribution in [2.45, 2.75) is 13.1 Å². The van der Waals surface area contributed by atoms with Gasteiger partial charge in [0.25, 0.3) is 11.7 Å². The third-order valence-corrected chi connectivity index (χ3v) is 4.12. The van der Waals surface area contributed by atoms with E-state index in [0.717, 1.165) is 15.7 Å². The summed E-state index contributed by atoms with van der Waals surface area (Å²) in [5, 5.41) is 12.9. The molecule has 2 aromatic carbocycles. The molecular weight excluding hydrogens is 364 g/mol. The minimum absolute atomic E-state index is 0.0926. The minimum atomic E-state index is -0.811. The summed E-state index contributed by atoms with van der Waals surface area (Å²) >= 11 is 0. The highest BCUT2D eigenvalue weighted by Crippen LogP contribution is 2.23. The zero-order valence-electron chi connectivity index (χ0n) is 15.5. The number of carbonyl (C=O) groups excluding carboxylic acids is 1. The maximum Gasteiger partial charge on any atom is 0.422 e. The van der Waals surface area contributed by atoms with Gasteiger partial charge in [-0.25, -0.2) is 9.36 Å². The molecule has 1 aromatic heterocycles. The first-order valence-corrected chi connectivity index (χ1v) is 8.48. The SMILES string of the molecule is COc1cc(CNC(=O)c2oc(=O)n(Cc3ccccc3)c2O)cc(OC)c1. The van der Waals surface area contributed by atoms with E-state index < -0.39 is 23.3 Å². The molecule has 1 amide bonds. The molecule has 28 heavy (non-hydrogen) atoms. The Morgan fingerprint density at radius 2 is 1.71 bits per heavy atom. The van der Waals surface area contributed by atoms with Crippen LogP contribution in [0.2, 0.25) is 0 Å². The van der Waals surface area contributed by atoms with Crippen LogP contribution in [0.15, 0.2) is 57.7 Å². The van der Waals surface area contributed by atoms with Gasteiger partial charge in [-0.1, -0.05) is 30.3 Å². The summed E-state index contributed by atoms with van der Waals surface area (Å²) in [5.41, 5.74) is 1.51. The van der Waals surface area contributed by atoms with Gasteiger partial charge in [-0.05, 0) is 23.3 Å². The average Bonchev–Trinajstić information content (AvgIpc) is 3.00. The first-order chi connectivity index (χ1) is 13.5. The molecule has 146 valence electrons. The fourth-order valence-corrected chi connectivity index (χ4v) is 2.68. The van der Waals surface area contributed by atoms with Crippen LogP contribution in [-0.4, -0.2) is 29.8 Å². The van der Waals surface area contributed by atoms with Crippen LogP contribution < -0.4 is 20.5 Å². The molecule has 0 bridgehead atoms. The molecule has 1 heterocycles. The number of oxazole rings is 1. The summed E-state index contributed by atoms with van der Waals surface area (Å²) < 4.78 is 16.3. The summed E-state index contributed by atoms with van der Waals surface area (Å²) in [5.74, 6) is -1.32. The maximum atomic E-state index is 12.4. The van der Waals surface area contributed by atoms with E-state index in [4.69, 9.17) is 13.9 Å². The van der Waals surface area contributed by atoms with E-state index in [0.29, 0.717) is 11.5 Å². The number of rotatable bonds is 7. The van der Waals surface area contributed by atoms with Crippen LogP contribution in [0, 0.1) is 0 Å². The lowest BCUT2D eigenvalue weighted by molar-refractivity contribution is 0.0917. The third-order valence-electron chi connectivity index (χ3n) is 4.12. The second kappa shape index (κ2) is 8.34. The number of ether oxygens (including phenoxy) is 2. The minimum Gasteiger partial charge on any atom is -0.497 e. The molecule has 0 aliphatic carbocycles. The smallest absolute Gasteiger partial charge is 0.422 e. The van der Waals surface area contributed by atoms with Gasteiger partial charge >= 0.3 is 5.76 Å². The van der Waals surface area contributed by atoms with Gasteiger partial charge in [0.15, 0.2) is 0 Å². The number of methoxy groups -OCH3 is 2. The van der Waals surface area contributed by atoms with E-state index in [9.17, 15) is 14.7 Å². The first kappa shape index (κ1) is 19.1. The Morgan fingerprint density at radius 3 is 2.32 bits per heavy atom. The number of hydrogen-bond donors (Lipinski definition) is 2. The standard InChI is InChI=1S/C20H20N2O6/c1-26-15-8-14(9-16(10-15)27-2)11-21-18(23)17-19(24)22(20(25)28-17)12-13-6-4-3-5-7-13/h3-10,24H,11-12H2,1-2H3,(H,21,23). The lowest BCUT2D eigenvalue weighted by atomic mass is 10.2. The highest BCUT2D eigenvalue weighted by molar-refractivity contribution is 5.93. The van der Waals surface area contributed by atoms with Crippen LogP contribution in [0.3, 0.4) is 0 Å². The Morgan fingerprint density at radius 1 is 1.07 bits per heavy atom. The number of amides is 1. The summed E-state index contributed by atoms with van der Waals surface area (Å²) in [6, 6.07) is 14.2. The average molecular weight is 384 g/mol. The van der Waals surface area contributed by atoms with Crippen molar-refractivity contribution in [3.63, 3.8) is 0 Å². The van der Waals surface area contributed by atoms with Gasteiger partial charge < -0.3 is 24.3 Å². The Labute approximate surface area is 160 Å². The van der Waals surface area contributed by atoms with Gasteiger partial charge in [-0.3, -0.25) is 4.79 Å². The van der Waals surface area contributed by atoms with E-state index in [1.807, 2.05) is 18.2 Å². The number of nitrogens with one attached hydrogen (secondary N) is 1. The quantitative estimate of drug-likeness (QED) is 0.647. The van der Waals surface area contributed by atoms with E-state index in [2.05, 4.69) is 5.32 Å². The highest BCUT2D eigenvalue weighted by atomic mass is 16.5. The molecule has 2 N–H and O–H groups in total. The molecule has 0 aliphatic rings. The third kappa shape index (κ3) is 4.17. The van der Waals surface area contributed by atoms with Crippen LogP contribution in [0.4, 0.5) is 0 Å². The van der Waals surface area contributed by atoms with Crippen LogP contribution in [-0.2, 0) is 13.1 Å². The Hall–Kier alpha value is -3.68. The molecule has 0 saturated carbocycles. The zero-order valence-corrected chi connectivity index (χ0v) is 15.5. The number of aromatic hydroxyl groups is 1. The Balaban J connectivity index is 1.75. The summed E-state index contributed by atoms with van der Waals surface area (Å²) in [7, 11) is 3.05. The maximum absolute atomic E-state index is 12.4. The summed E-state index contributed by atoms with van der Waals surface area (Å²) in [6.07, 6.45) is 0. The van der Waals surface area contributed by atoms with Crippen LogP contribution in [0.25, 0.3) is 0 Å². The number of aromatic nitrogens is 1. The van der Waals surface area contributed by atoms with Gasteiger partial charge in [0.1, 0.15) is 11.5 Å². The van der Waals surface area contributed by atoms with Crippen molar-refractivity contribution in [1.29, 1.82) is 0 Å². The number of carbonyl (C=O) groups is 1. The van der Waals surface area contributed by atoms with Crippen LogP contribution >= 0.6 is 0 Å². The van der Waals surface area contributed by atoms with Crippen molar-refractivity contribution in [2.24, 2.45) is 0 Å². The van der Waals surface area contributed by atoms with Crippen LogP contribution in [0.5, 0.6) is 17.4 Å². The van der Waals surface area contributed by atoms with Crippen molar-refractivity contribution in [3.8, 4) is 17.4 Å². The van der Waals surface area contributed by atoms with Gasteiger partial charge in [0.2, 0.25) is 5.88 Å². The summed E-state index contributed by atoms with van der Waals surface area (Å²) in [4.78, 5) is 24.4. The molecule has 0 atom stereocenters. The predicted octanol–water partition coefficient (Wildman–Crippen LogP) is 2.14. The molecule has 3 aromatic rings. The second-order valence-corrected chi connectivity index (χ2v) is 6.00. The lowest BCUT2D eigenvalue weighted by Crippen LogP contribution is -2.22. The monoisotopic (exact) mass is 384 g/mol. The van der Waals surface area contributed by atoms with Gasteiger partial charge in [-0.2, -0.15) is 0 Å². The lowest BCUT2D eigenvalue weighted by Gasteiger charge is -2.09. The zero-order chi connectivity index (χ0) is 20.1. The summed E-state index contributed by atoms with van der Waals surface area (Å²) in [6.45, 7) is 0.217. The number of benzene rings is 2. The van der Waals surface area contributed by atoms with Gasteiger partial charge in [0.05, 0.1) is 20.8 Å². The molecule has 0 unspecified atom stereocenters.